The number of likely N-dealkylation sites (tertiary alicyclic amines) is 2. The van der Waals surface area contributed by atoms with Gasteiger partial charge in [0, 0.05) is 30.4 Å². The summed E-state index contributed by atoms with van der Waals surface area (Å²) in [6, 6.07) is 0.739. The van der Waals surface area contributed by atoms with Gasteiger partial charge in [0.2, 0.25) is 0 Å². The third-order valence-corrected chi connectivity index (χ3v) is 5.75. The summed E-state index contributed by atoms with van der Waals surface area (Å²) in [5, 5.41) is 10.2. The molecule has 134 valence electrons. The maximum atomic E-state index is 12.4. The average molecular weight is 333 g/mol. The predicted molar refractivity (Wildman–Crippen MR) is 95.2 cm³/mol. The maximum Gasteiger partial charge on any atom is 0.272 e. The maximum absolute atomic E-state index is 12.4. The molecule has 1 atom stereocenters. The number of H-pyrrole nitrogens is 1. The van der Waals surface area contributed by atoms with Crippen molar-refractivity contribution >= 4 is 5.91 Å². The summed E-state index contributed by atoms with van der Waals surface area (Å²) in [5.41, 5.74) is 2.58. The number of carbonyl (C=O) groups excluding carboxylic acids is 1. The zero-order valence-electron chi connectivity index (χ0n) is 15.3. The van der Waals surface area contributed by atoms with E-state index in [1.165, 1.54) is 38.9 Å². The quantitative estimate of drug-likeness (QED) is 0.855. The molecule has 0 unspecified atom stereocenters. The van der Waals surface area contributed by atoms with Crippen LogP contribution in [0.15, 0.2) is 0 Å². The van der Waals surface area contributed by atoms with Crippen LogP contribution in [0, 0.1) is 12.8 Å². The van der Waals surface area contributed by atoms with Gasteiger partial charge >= 0.3 is 0 Å². The lowest BCUT2D eigenvalue weighted by Gasteiger charge is -2.35. The number of hydrogen-bond donors (Lipinski definition) is 2. The van der Waals surface area contributed by atoms with Gasteiger partial charge in [0.15, 0.2) is 5.69 Å². The van der Waals surface area contributed by atoms with E-state index in [2.05, 4.69) is 39.3 Å². The number of aromatic amines is 1. The fourth-order valence-corrected chi connectivity index (χ4v) is 4.04. The number of hydrogen-bond acceptors (Lipinski definition) is 4. The summed E-state index contributed by atoms with van der Waals surface area (Å²) < 4.78 is 0. The number of carbonyl (C=O) groups is 1. The Hall–Kier alpha value is -1.40. The van der Waals surface area contributed by atoms with Crippen LogP contribution in [0.4, 0.5) is 0 Å². The smallest absolute Gasteiger partial charge is 0.272 e. The van der Waals surface area contributed by atoms with Gasteiger partial charge in [-0.05, 0) is 65.2 Å². The molecule has 3 rings (SSSR count). The Morgan fingerprint density at radius 1 is 1.29 bits per heavy atom. The van der Waals surface area contributed by atoms with Gasteiger partial charge in [0.25, 0.3) is 5.91 Å². The molecule has 0 aliphatic carbocycles. The number of nitrogens with zero attached hydrogens (tertiary/aromatic N) is 3. The lowest BCUT2D eigenvalue weighted by Crippen LogP contribution is -2.43. The Labute approximate surface area is 145 Å². The first-order valence-electron chi connectivity index (χ1n) is 9.33. The molecule has 0 saturated carbocycles. The summed E-state index contributed by atoms with van der Waals surface area (Å²) in [4.78, 5) is 17.4. The Kier molecular flexibility index (Phi) is 5.56. The highest BCUT2D eigenvalue weighted by Crippen LogP contribution is 2.23. The molecule has 3 heterocycles. The molecule has 2 aliphatic rings. The molecule has 0 radical (unpaired) electrons. The zero-order valence-corrected chi connectivity index (χ0v) is 15.3. The van der Waals surface area contributed by atoms with E-state index in [0.717, 1.165) is 36.8 Å². The van der Waals surface area contributed by atoms with Crippen LogP contribution in [-0.2, 0) is 6.42 Å². The number of nitrogens with one attached hydrogen (secondary N) is 2. The first kappa shape index (κ1) is 17.4. The van der Waals surface area contributed by atoms with Crippen molar-refractivity contribution in [3.8, 4) is 0 Å². The monoisotopic (exact) mass is 333 g/mol. The lowest BCUT2D eigenvalue weighted by atomic mass is 10.0. The number of rotatable bonds is 5. The highest BCUT2D eigenvalue weighted by atomic mass is 16.1. The van der Waals surface area contributed by atoms with Gasteiger partial charge in [0.1, 0.15) is 0 Å². The second-order valence-corrected chi connectivity index (χ2v) is 7.42. The van der Waals surface area contributed by atoms with Crippen LogP contribution in [0.2, 0.25) is 0 Å². The molecule has 6 heteroatoms. The van der Waals surface area contributed by atoms with Crippen molar-refractivity contribution in [2.45, 2.75) is 45.6 Å². The van der Waals surface area contributed by atoms with Crippen LogP contribution in [0.25, 0.3) is 0 Å². The highest BCUT2D eigenvalue weighted by Gasteiger charge is 2.30. The van der Waals surface area contributed by atoms with Crippen molar-refractivity contribution in [3.63, 3.8) is 0 Å². The molecule has 2 aliphatic heterocycles. The number of aryl methyl sites for hydroxylation is 1. The molecule has 0 aromatic carbocycles. The molecule has 1 aromatic heterocycles. The van der Waals surface area contributed by atoms with Crippen LogP contribution in [0.3, 0.4) is 0 Å². The zero-order chi connectivity index (χ0) is 17.1. The number of aromatic nitrogens is 2. The van der Waals surface area contributed by atoms with Gasteiger partial charge in [0.05, 0.1) is 0 Å². The van der Waals surface area contributed by atoms with Crippen molar-refractivity contribution in [3.05, 3.63) is 17.0 Å². The van der Waals surface area contributed by atoms with E-state index in [-0.39, 0.29) is 5.91 Å². The predicted octanol–water partition coefficient (Wildman–Crippen LogP) is 1.43. The largest absolute Gasteiger partial charge is 0.350 e. The first-order chi connectivity index (χ1) is 11.6. The summed E-state index contributed by atoms with van der Waals surface area (Å²) in [7, 11) is 2.21. The Bertz CT molecular complexity index is 562. The first-order valence-corrected chi connectivity index (χ1v) is 9.33. The molecule has 1 aromatic rings. The van der Waals surface area contributed by atoms with Gasteiger partial charge in [-0.15, -0.1) is 0 Å². The molecule has 2 N–H and O–H groups in total. The minimum absolute atomic E-state index is 0.0406. The van der Waals surface area contributed by atoms with Gasteiger partial charge < -0.3 is 10.2 Å². The van der Waals surface area contributed by atoms with Crippen molar-refractivity contribution in [1.82, 2.24) is 25.3 Å². The lowest BCUT2D eigenvalue weighted by molar-refractivity contribution is 0.0939. The SMILES string of the molecule is CCc1[nH]nc(C(=O)NC[C@@H]2CCN(C3CCN(C)CC3)C2)c1C. The molecule has 0 bridgehead atoms. The topological polar surface area (TPSA) is 64.3 Å². The normalized spacial score (nSPS) is 23.7. The molecule has 6 nitrogen and oxygen atoms in total. The second-order valence-electron chi connectivity index (χ2n) is 7.42. The summed E-state index contributed by atoms with van der Waals surface area (Å²) in [5.74, 6) is 0.527. The van der Waals surface area contributed by atoms with Gasteiger partial charge in [-0.25, -0.2) is 0 Å². The molecular weight excluding hydrogens is 302 g/mol. The summed E-state index contributed by atoms with van der Waals surface area (Å²) in [6.45, 7) is 9.51. The van der Waals surface area contributed by atoms with Crippen LogP contribution in [0.1, 0.15) is 47.9 Å². The molecule has 0 spiro atoms. The summed E-state index contributed by atoms with van der Waals surface area (Å²) >= 11 is 0. The molecule has 2 fully saturated rings. The fourth-order valence-electron chi connectivity index (χ4n) is 4.04. The van der Waals surface area contributed by atoms with Gasteiger partial charge in [-0.1, -0.05) is 6.92 Å². The van der Waals surface area contributed by atoms with Crippen LogP contribution in [0.5, 0.6) is 0 Å². The fraction of sp³-hybridized carbons (Fsp3) is 0.778. The average Bonchev–Trinajstić information content (AvgIpc) is 3.20. The third-order valence-electron chi connectivity index (χ3n) is 5.75. The van der Waals surface area contributed by atoms with Crippen molar-refractivity contribution in [2.75, 3.05) is 39.8 Å². The minimum atomic E-state index is -0.0406. The standard InChI is InChI=1S/C18H31N5O/c1-4-16-13(2)17(21-20-16)18(24)19-11-14-5-10-23(12-14)15-6-8-22(3)9-7-15/h14-15H,4-12H2,1-3H3,(H,19,24)(H,20,21)/t14-/m0/s1. The minimum Gasteiger partial charge on any atom is -0.350 e. The van der Waals surface area contributed by atoms with Crippen molar-refractivity contribution in [1.29, 1.82) is 0 Å². The van der Waals surface area contributed by atoms with Crippen LogP contribution in [-0.4, -0.2) is 71.7 Å². The number of piperidine rings is 1. The molecule has 1 amide bonds. The highest BCUT2D eigenvalue weighted by molar-refractivity contribution is 5.93. The Balaban J connectivity index is 1.46. The van der Waals surface area contributed by atoms with E-state index in [0.29, 0.717) is 11.6 Å². The molecular formula is C18H31N5O. The van der Waals surface area contributed by atoms with Crippen LogP contribution >= 0.6 is 0 Å². The molecule has 24 heavy (non-hydrogen) atoms. The van der Waals surface area contributed by atoms with Gasteiger partial charge in [-0.3, -0.25) is 14.8 Å². The van der Waals surface area contributed by atoms with E-state index in [4.69, 9.17) is 0 Å². The van der Waals surface area contributed by atoms with Crippen molar-refractivity contribution < 1.29 is 4.79 Å². The van der Waals surface area contributed by atoms with Crippen LogP contribution < -0.4 is 5.32 Å². The Morgan fingerprint density at radius 2 is 2.04 bits per heavy atom. The van der Waals surface area contributed by atoms with Gasteiger partial charge in [-0.2, -0.15) is 5.10 Å². The number of amides is 1. The summed E-state index contributed by atoms with van der Waals surface area (Å²) in [6.07, 6.45) is 4.62. The molecule has 2 saturated heterocycles. The van der Waals surface area contributed by atoms with Crippen molar-refractivity contribution in [2.24, 2.45) is 5.92 Å². The van der Waals surface area contributed by atoms with E-state index >= 15 is 0 Å². The Morgan fingerprint density at radius 3 is 2.71 bits per heavy atom. The van der Waals surface area contributed by atoms with E-state index in [1.807, 2.05) is 6.92 Å². The second kappa shape index (κ2) is 7.66. The van der Waals surface area contributed by atoms with E-state index in [9.17, 15) is 4.79 Å². The van der Waals surface area contributed by atoms with E-state index in [1.54, 1.807) is 0 Å². The van der Waals surface area contributed by atoms with E-state index < -0.39 is 0 Å². The third kappa shape index (κ3) is 3.81.